The third kappa shape index (κ3) is 2.84. The maximum Gasteiger partial charge on any atom is 0.224 e. The van der Waals surface area contributed by atoms with Gasteiger partial charge in [-0.25, -0.2) is 0 Å². The number of hydrogen-bond donors (Lipinski definition) is 2. The Labute approximate surface area is 105 Å². The predicted molar refractivity (Wildman–Crippen MR) is 73.3 cm³/mol. The highest BCUT2D eigenvalue weighted by atomic mass is 32.1. The first-order chi connectivity index (χ1) is 8.20. The number of carbonyl (C=O) groups is 1. The molecule has 4 heteroatoms. The fraction of sp³-hybridized carbons (Fsp3) is 0.308. The molecule has 0 bridgehead atoms. The third-order valence-corrected chi connectivity index (χ3v) is 3.65. The lowest BCUT2D eigenvalue weighted by atomic mass is 10.1. The van der Waals surface area contributed by atoms with Crippen LogP contribution in [0.2, 0.25) is 0 Å². The van der Waals surface area contributed by atoms with Gasteiger partial charge in [-0.3, -0.25) is 4.79 Å². The van der Waals surface area contributed by atoms with Crippen LogP contribution in [-0.4, -0.2) is 12.5 Å². The zero-order chi connectivity index (χ0) is 12.3. The molecule has 0 fully saturated rings. The minimum Gasteiger partial charge on any atom is -0.330 e. The number of carbonyl (C=O) groups excluding carboxylic acids is 1. The monoisotopic (exact) mass is 248 g/mol. The summed E-state index contributed by atoms with van der Waals surface area (Å²) in [6.45, 7) is 2.52. The first kappa shape index (κ1) is 12.1. The van der Waals surface area contributed by atoms with Gasteiger partial charge in [0.25, 0.3) is 0 Å². The summed E-state index contributed by atoms with van der Waals surface area (Å²) >= 11 is 1.64. The maximum atomic E-state index is 11.8. The Morgan fingerprint density at radius 3 is 3.00 bits per heavy atom. The summed E-state index contributed by atoms with van der Waals surface area (Å²) in [5, 5.41) is 6.03. The van der Waals surface area contributed by atoms with E-state index in [2.05, 4.69) is 11.4 Å². The molecule has 90 valence electrons. The van der Waals surface area contributed by atoms with Gasteiger partial charge in [0.05, 0.1) is 5.69 Å². The lowest BCUT2D eigenvalue weighted by Gasteiger charge is -2.08. The van der Waals surface area contributed by atoms with E-state index in [1.54, 1.807) is 11.3 Å². The van der Waals surface area contributed by atoms with E-state index in [0.717, 1.165) is 11.1 Å². The normalized spacial score (nSPS) is 12.6. The molecule has 1 amide bonds. The molecular weight excluding hydrogens is 232 g/mol. The number of nitrogens with one attached hydrogen (secondary N) is 1. The molecule has 0 aliphatic rings. The van der Waals surface area contributed by atoms with Crippen LogP contribution >= 0.6 is 11.3 Å². The highest BCUT2D eigenvalue weighted by molar-refractivity contribution is 7.17. The molecule has 1 atom stereocenters. The van der Waals surface area contributed by atoms with Gasteiger partial charge in [-0.2, -0.15) is 0 Å². The van der Waals surface area contributed by atoms with Crippen molar-refractivity contribution in [1.29, 1.82) is 0 Å². The average molecular weight is 248 g/mol. The van der Waals surface area contributed by atoms with Gasteiger partial charge in [0.15, 0.2) is 0 Å². The van der Waals surface area contributed by atoms with Gasteiger partial charge in [0.2, 0.25) is 5.91 Å². The number of fused-ring (bicyclic) bond motifs is 1. The van der Waals surface area contributed by atoms with Crippen LogP contribution in [0.15, 0.2) is 29.6 Å². The summed E-state index contributed by atoms with van der Waals surface area (Å²) in [6.07, 6.45) is 0.473. The first-order valence-corrected chi connectivity index (χ1v) is 6.55. The van der Waals surface area contributed by atoms with Gasteiger partial charge in [-0.05, 0) is 18.5 Å². The van der Waals surface area contributed by atoms with Gasteiger partial charge in [-0.1, -0.05) is 25.1 Å². The van der Waals surface area contributed by atoms with Crippen molar-refractivity contribution in [2.24, 2.45) is 11.7 Å². The molecule has 0 radical (unpaired) electrons. The fourth-order valence-corrected chi connectivity index (χ4v) is 2.57. The van der Waals surface area contributed by atoms with E-state index in [4.69, 9.17) is 5.73 Å². The number of rotatable bonds is 4. The van der Waals surface area contributed by atoms with Crippen LogP contribution < -0.4 is 11.1 Å². The molecule has 0 saturated carbocycles. The highest BCUT2D eigenvalue weighted by Crippen LogP contribution is 2.29. The standard InChI is InChI=1S/C13H16N2OS/c1-9(7-14)6-13(16)15-11-8-17-12-5-3-2-4-10(11)12/h2-5,8-9H,6-7,14H2,1H3,(H,15,16). The molecule has 1 unspecified atom stereocenters. The number of amides is 1. The summed E-state index contributed by atoms with van der Waals surface area (Å²) in [4.78, 5) is 11.8. The van der Waals surface area contributed by atoms with E-state index in [1.807, 2.05) is 30.5 Å². The predicted octanol–water partition coefficient (Wildman–Crippen LogP) is 2.82. The summed E-state index contributed by atoms with van der Waals surface area (Å²) in [5.41, 5.74) is 6.41. The van der Waals surface area contributed by atoms with Crippen LogP contribution in [0.3, 0.4) is 0 Å². The molecular formula is C13H16N2OS. The second-order valence-electron chi connectivity index (χ2n) is 4.24. The van der Waals surface area contributed by atoms with E-state index >= 15 is 0 Å². The fourth-order valence-electron chi connectivity index (χ4n) is 1.68. The van der Waals surface area contributed by atoms with Crippen LogP contribution in [0.25, 0.3) is 10.1 Å². The van der Waals surface area contributed by atoms with Crippen molar-refractivity contribution in [3.63, 3.8) is 0 Å². The summed E-state index contributed by atoms with van der Waals surface area (Å²) in [5.74, 6) is 0.256. The molecule has 1 aromatic heterocycles. The van der Waals surface area contributed by atoms with Gasteiger partial charge < -0.3 is 11.1 Å². The van der Waals surface area contributed by atoms with Gasteiger partial charge >= 0.3 is 0 Å². The summed E-state index contributed by atoms with van der Waals surface area (Å²) in [6, 6.07) is 8.06. The minimum atomic E-state index is 0.0338. The van der Waals surface area contributed by atoms with E-state index < -0.39 is 0 Å². The van der Waals surface area contributed by atoms with Gasteiger partial charge in [-0.15, -0.1) is 11.3 Å². The Morgan fingerprint density at radius 2 is 2.24 bits per heavy atom. The largest absolute Gasteiger partial charge is 0.330 e. The van der Waals surface area contributed by atoms with Crippen molar-refractivity contribution in [1.82, 2.24) is 0 Å². The number of nitrogens with two attached hydrogens (primary N) is 1. The van der Waals surface area contributed by atoms with Crippen LogP contribution in [0.5, 0.6) is 0 Å². The number of hydrogen-bond acceptors (Lipinski definition) is 3. The maximum absolute atomic E-state index is 11.8. The molecule has 2 rings (SSSR count). The van der Waals surface area contributed by atoms with Crippen molar-refractivity contribution >= 4 is 33.0 Å². The Morgan fingerprint density at radius 1 is 1.47 bits per heavy atom. The minimum absolute atomic E-state index is 0.0338. The van der Waals surface area contributed by atoms with Crippen LogP contribution in [0.1, 0.15) is 13.3 Å². The molecule has 1 heterocycles. The van der Waals surface area contributed by atoms with Crippen molar-refractivity contribution in [2.75, 3.05) is 11.9 Å². The van der Waals surface area contributed by atoms with Crippen molar-refractivity contribution in [3.8, 4) is 0 Å². The second-order valence-corrected chi connectivity index (χ2v) is 5.15. The molecule has 17 heavy (non-hydrogen) atoms. The summed E-state index contributed by atoms with van der Waals surface area (Å²) in [7, 11) is 0. The number of thiophene rings is 1. The molecule has 2 aromatic rings. The van der Waals surface area contributed by atoms with Gasteiger partial charge in [0, 0.05) is 21.9 Å². The average Bonchev–Trinajstić information content (AvgIpc) is 2.72. The van der Waals surface area contributed by atoms with Crippen molar-refractivity contribution < 1.29 is 4.79 Å². The lowest BCUT2D eigenvalue weighted by Crippen LogP contribution is -2.19. The SMILES string of the molecule is CC(CN)CC(=O)Nc1csc2ccccc12. The quantitative estimate of drug-likeness (QED) is 0.874. The summed E-state index contributed by atoms with van der Waals surface area (Å²) < 4.78 is 1.19. The third-order valence-electron chi connectivity index (χ3n) is 2.69. The van der Waals surface area contributed by atoms with E-state index in [-0.39, 0.29) is 11.8 Å². The van der Waals surface area contributed by atoms with Crippen molar-refractivity contribution in [2.45, 2.75) is 13.3 Å². The molecule has 0 aliphatic carbocycles. The van der Waals surface area contributed by atoms with E-state index in [9.17, 15) is 4.79 Å². The smallest absolute Gasteiger partial charge is 0.224 e. The first-order valence-electron chi connectivity index (χ1n) is 5.67. The molecule has 3 nitrogen and oxygen atoms in total. The lowest BCUT2D eigenvalue weighted by molar-refractivity contribution is -0.116. The molecule has 1 aromatic carbocycles. The van der Waals surface area contributed by atoms with E-state index in [0.29, 0.717) is 13.0 Å². The molecule has 0 saturated heterocycles. The second kappa shape index (κ2) is 5.29. The van der Waals surface area contributed by atoms with Crippen LogP contribution in [-0.2, 0) is 4.79 Å². The Hall–Kier alpha value is -1.39. The van der Waals surface area contributed by atoms with E-state index in [1.165, 1.54) is 4.70 Å². The topological polar surface area (TPSA) is 55.1 Å². The Bertz CT molecular complexity index is 521. The number of benzene rings is 1. The molecule has 0 aliphatic heterocycles. The highest BCUT2D eigenvalue weighted by Gasteiger charge is 2.10. The van der Waals surface area contributed by atoms with Crippen molar-refractivity contribution in [3.05, 3.63) is 29.6 Å². The Balaban J connectivity index is 2.11. The number of anilines is 1. The van der Waals surface area contributed by atoms with Gasteiger partial charge in [0.1, 0.15) is 0 Å². The molecule has 3 N–H and O–H groups in total. The van der Waals surface area contributed by atoms with Crippen LogP contribution in [0.4, 0.5) is 5.69 Å². The zero-order valence-corrected chi connectivity index (χ0v) is 10.6. The van der Waals surface area contributed by atoms with Crippen LogP contribution in [0, 0.1) is 5.92 Å². The zero-order valence-electron chi connectivity index (χ0n) is 9.77. The molecule has 0 spiro atoms. The Kier molecular flexibility index (Phi) is 3.76.